The van der Waals surface area contributed by atoms with Gasteiger partial charge in [0.05, 0.1) is 28.7 Å². The van der Waals surface area contributed by atoms with Crippen molar-refractivity contribution >= 4 is 55.7 Å². The predicted molar refractivity (Wildman–Crippen MR) is 135 cm³/mol. The van der Waals surface area contributed by atoms with E-state index in [1.165, 1.54) is 17.8 Å². The first-order valence-electron chi connectivity index (χ1n) is 10.9. The van der Waals surface area contributed by atoms with E-state index in [1.807, 2.05) is 18.2 Å². The van der Waals surface area contributed by atoms with E-state index < -0.39 is 11.7 Å². The summed E-state index contributed by atoms with van der Waals surface area (Å²) in [5, 5.41) is 5.83. The molecule has 0 N–H and O–H groups in total. The van der Waals surface area contributed by atoms with E-state index >= 15 is 0 Å². The predicted octanol–water partition coefficient (Wildman–Crippen LogP) is 5.08. The summed E-state index contributed by atoms with van der Waals surface area (Å²) in [6, 6.07) is 9.66. The van der Waals surface area contributed by atoms with E-state index in [9.17, 15) is 18.0 Å². The van der Waals surface area contributed by atoms with Crippen molar-refractivity contribution in [3.05, 3.63) is 68.7 Å². The Bertz CT molecular complexity index is 1360. The molecule has 3 heterocycles. The first-order valence-corrected chi connectivity index (χ1v) is 12.6. The van der Waals surface area contributed by atoms with Crippen LogP contribution >= 0.6 is 27.7 Å². The third kappa shape index (κ3) is 5.17. The number of halogens is 4. The average Bonchev–Trinajstić information content (AvgIpc) is 3.38. The molecule has 35 heavy (non-hydrogen) atoms. The van der Waals surface area contributed by atoms with Gasteiger partial charge in [-0.25, -0.2) is 0 Å². The van der Waals surface area contributed by atoms with Crippen LogP contribution in [0.15, 0.2) is 57.0 Å². The van der Waals surface area contributed by atoms with Crippen LogP contribution in [0.25, 0.3) is 17.0 Å². The van der Waals surface area contributed by atoms with E-state index in [4.69, 9.17) is 0 Å². The van der Waals surface area contributed by atoms with E-state index in [0.717, 1.165) is 48.4 Å². The number of amidine groups is 1. The van der Waals surface area contributed by atoms with Crippen molar-refractivity contribution in [2.45, 2.75) is 12.7 Å². The van der Waals surface area contributed by atoms with Crippen molar-refractivity contribution in [2.24, 2.45) is 4.99 Å². The number of alkyl halides is 3. The zero-order valence-corrected chi connectivity index (χ0v) is 21.1. The van der Waals surface area contributed by atoms with Gasteiger partial charge in [-0.05, 0) is 60.3 Å². The molecule has 0 spiro atoms. The summed E-state index contributed by atoms with van der Waals surface area (Å²) in [5.41, 5.74) is 0.966. The van der Waals surface area contributed by atoms with Crippen LogP contribution in [0.3, 0.4) is 0 Å². The number of aliphatic imine (C=N–C) groups is 1. The highest BCUT2D eigenvalue weighted by Crippen LogP contribution is 2.35. The summed E-state index contributed by atoms with van der Waals surface area (Å²) < 4.78 is 42.5. The van der Waals surface area contributed by atoms with Crippen LogP contribution in [0.5, 0.6) is 0 Å². The van der Waals surface area contributed by atoms with Gasteiger partial charge in [0.2, 0.25) is 0 Å². The van der Waals surface area contributed by atoms with Gasteiger partial charge in [0, 0.05) is 36.0 Å². The summed E-state index contributed by atoms with van der Waals surface area (Å²) in [4.78, 5) is 21.6. The van der Waals surface area contributed by atoms with Crippen molar-refractivity contribution in [3.8, 4) is 0 Å². The molecule has 3 aromatic rings. The SMILES string of the molecule is CN1CCN(C2=NC(=O)/C(=C/c3ccc4c(cnn4Cc4ccc(Br)cc4C(F)(F)F)c3)S2)CC1. The molecule has 1 fully saturated rings. The Hall–Kier alpha value is -2.63. The van der Waals surface area contributed by atoms with Gasteiger partial charge in [0.1, 0.15) is 0 Å². The number of carbonyl (C=O) groups excluding carboxylic acids is 1. The van der Waals surface area contributed by atoms with Gasteiger partial charge in [0.15, 0.2) is 5.17 Å². The van der Waals surface area contributed by atoms with Crippen molar-refractivity contribution < 1.29 is 18.0 Å². The number of likely N-dealkylation sites (N-methyl/N-ethyl adjacent to an activating group) is 1. The smallest absolute Gasteiger partial charge is 0.348 e. The topological polar surface area (TPSA) is 53.7 Å². The molecule has 0 aliphatic carbocycles. The van der Waals surface area contributed by atoms with Gasteiger partial charge in [-0.2, -0.15) is 23.3 Å². The molecule has 1 amide bonds. The number of fused-ring (bicyclic) bond motifs is 1. The number of nitrogens with zero attached hydrogens (tertiary/aromatic N) is 5. The van der Waals surface area contributed by atoms with Crippen molar-refractivity contribution in [1.82, 2.24) is 19.6 Å². The maximum Gasteiger partial charge on any atom is 0.416 e. The van der Waals surface area contributed by atoms with Crippen LogP contribution in [0.2, 0.25) is 0 Å². The summed E-state index contributed by atoms with van der Waals surface area (Å²) in [7, 11) is 2.07. The van der Waals surface area contributed by atoms with Gasteiger partial charge in [-0.3, -0.25) is 9.48 Å². The van der Waals surface area contributed by atoms with E-state index in [0.29, 0.717) is 14.9 Å². The molecule has 0 atom stereocenters. The van der Waals surface area contributed by atoms with Gasteiger partial charge in [-0.15, -0.1) is 0 Å². The maximum absolute atomic E-state index is 13.5. The molecule has 6 nitrogen and oxygen atoms in total. The summed E-state index contributed by atoms with van der Waals surface area (Å²) in [6.45, 7) is 3.52. The monoisotopic (exact) mass is 563 g/mol. The molecule has 2 aliphatic rings. The Morgan fingerprint density at radius 3 is 2.63 bits per heavy atom. The second-order valence-corrected chi connectivity index (χ2v) is 10.4. The van der Waals surface area contributed by atoms with Gasteiger partial charge in [0.25, 0.3) is 5.91 Å². The average molecular weight is 564 g/mol. The Labute approximate surface area is 212 Å². The number of hydrogen-bond donors (Lipinski definition) is 0. The zero-order chi connectivity index (χ0) is 24.7. The second-order valence-electron chi connectivity index (χ2n) is 8.52. The van der Waals surface area contributed by atoms with Crippen molar-refractivity contribution in [3.63, 3.8) is 0 Å². The molecule has 0 radical (unpaired) electrons. The molecule has 1 aromatic heterocycles. The molecule has 11 heteroatoms. The van der Waals surface area contributed by atoms with Gasteiger partial charge < -0.3 is 9.80 Å². The summed E-state index contributed by atoms with van der Waals surface area (Å²) in [5.74, 6) is -0.255. The summed E-state index contributed by atoms with van der Waals surface area (Å²) >= 11 is 4.49. The number of hydrogen-bond acceptors (Lipinski definition) is 5. The van der Waals surface area contributed by atoms with Gasteiger partial charge in [-0.1, -0.05) is 28.1 Å². The quantitative estimate of drug-likeness (QED) is 0.416. The standard InChI is InChI=1S/C24H21BrF3N5OS/c1-31-6-8-32(9-7-31)23-30-22(34)21(35-23)11-15-2-5-20-17(10-15)13-29-33(20)14-16-3-4-18(25)12-19(16)24(26,27)28/h2-5,10-13H,6-9,14H2,1H3/b21-11-. The van der Waals surface area contributed by atoms with E-state index in [1.54, 1.807) is 23.0 Å². The molecule has 0 saturated carbocycles. The molecule has 2 aliphatic heterocycles. The Morgan fingerprint density at radius 2 is 1.89 bits per heavy atom. The van der Waals surface area contributed by atoms with E-state index in [-0.39, 0.29) is 18.0 Å². The highest BCUT2D eigenvalue weighted by Gasteiger charge is 2.33. The highest BCUT2D eigenvalue weighted by atomic mass is 79.9. The number of benzene rings is 2. The Morgan fingerprint density at radius 1 is 1.11 bits per heavy atom. The molecule has 182 valence electrons. The van der Waals surface area contributed by atoms with E-state index in [2.05, 4.69) is 42.9 Å². The lowest BCUT2D eigenvalue weighted by Crippen LogP contribution is -2.46. The molecule has 0 bridgehead atoms. The lowest BCUT2D eigenvalue weighted by molar-refractivity contribution is -0.138. The normalized spacial score (nSPS) is 18.7. The Balaban J connectivity index is 1.36. The first kappa shape index (κ1) is 24.1. The number of piperazine rings is 1. The van der Waals surface area contributed by atoms with Crippen LogP contribution in [-0.4, -0.2) is 63.9 Å². The minimum Gasteiger partial charge on any atom is -0.348 e. The fraction of sp³-hybridized carbons (Fsp3) is 0.292. The highest BCUT2D eigenvalue weighted by molar-refractivity contribution is 9.10. The fourth-order valence-electron chi connectivity index (χ4n) is 4.12. The number of thioether (sulfide) groups is 1. The third-order valence-electron chi connectivity index (χ3n) is 6.04. The molecular formula is C24H21BrF3N5OS. The largest absolute Gasteiger partial charge is 0.416 e. The molecule has 1 saturated heterocycles. The molecular weight excluding hydrogens is 543 g/mol. The Kier molecular flexibility index (Phi) is 6.49. The van der Waals surface area contributed by atoms with Crippen LogP contribution in [0, 0.1) is 0 Å². The van der Waals surface area contributed by atoms with Crippen molar-refractivity contribution in [2.75, 3.05) is 33.2 Å². The third-order valence-corrected chi connectivity index (χ3v) is 7.58. The van der Waals surface area contributed by atoms with Crippen LogP contribution < -0.4 is 0 Å². The second kappa shape index (κ2) is 9.44. The maximum atomic E-state index is 13.5. The molecule has 5 rings (SSSR count). The number of rotatable bonds is 3. The first-order chi connectivity index (χ1) is 16.7. The number of carbonyl (C=O) groups is 1. The van der Waals surface area contributed by atoms with Crippen LogP contribution in [-0.2, 0) is 17.5 Å². The number of amides is 1. The van der Waals surface area contributed by atoms with Crippen LogP contribution in [0.1, 0.15) is 16.7 Å². The number of aromatic nitrogens is 2. The molecule has 2 aromatic carbocycles. The fourth-order valence-corrected chi connectivity index (χ4v) is 5.44. The zero-order valence-electron chi connectivity index (χ0n) is 18.7. The molecule has 0 unspecified atom stereocenters. The van der Waals surface area contributed by atoms with Crippen molar-refractivity contribution in [1.29, 1.82) is 0 Å². The minimum absolute atomic E-state index is 0.0113. The summed E-state index contributed by atoms with van der Waals surface area (Å²) in [6.07, 6.45) is -1.04. The minimum atomic E-state index is -4.46. The lowest BCUT2D eigenvalue weighted by Gasteiger charge is -2.32. The van der Waals surface area contributed by atoms with Crippen LogP contribution in [0.4, 0.5) is 13.2 Å². The van der Waals surface area contributed by atoms with Gasteiger partial charge >= 0.3 is 6.18 Å². The lowest BCUT2D eigenvalue weighted by atomic mass is 10.1.